The van der Waals surface area contributed by atoms with Crippen LogP contribution in [0, 0.1) is 23.7 Å². The fourth-order valence-electron chi connectivity index (χ4n) is 7.25. The molecule has 0 spiro atoms. The Balaban J connectivity index is 1.15. The van der Waals surface area contributed by atoms with E-state index in [0.717, 1.165) is 61.2 Å². The molecule has 5 atom stereocenters. The van der Waals surface area contributed by atoms with Crippen LogP contribution in [0.15, 0.2) is 24.3 Å². The summed E-state index contributed by atoms with van der Waals surface area (Å²) < 4.78 is 0. The molecule has 2 N–H and O–H groups in total. The van der Waals surface area contributed by atoms with Crippen LogP contribution in [0.2, 0.25) is 0 Å². The third-order valence-electron chi connectivity index (χ3n) is 8.99. The van der Waals surface area contributed by atoms with Crippen LogP contribution >= 0.6 is 0 Å². The van der Waals surface area contributed by atoms with Gasteiger partial charge >= 0.3 is 6.03 Å². The summed E-state index contributed by atoms with van der Waals surface area (Å²) in [5.74, 6) is 3.38. The highest BCUT2D eigenvalue weighted by molar-refractivity contribution is 5.94. The lowest BCUT2D eigenvalue weighted by Crippen LogP contribution is -2.48. The third kappa shape index (κ3) is 4.91. The fourth-order valence-corrected chi connectivity index (χ4v) is 7.25. The van der Waals surface area contributed by atoms with Crippen molar-refractivity contribution in [3.05, 3.63) is 35.4 Å². The Hall–Kier alpha value is -2.08. The number of carbonyl (C=O) groups is 2. The van der Waals surface area contributed by atoms with Gasteiger partial charge in [0.1, 0.15) is 0 Å². The summed E-state index contributed by atoms with van der Waals surface area (Å²) in [4.78, 5) is 29.5. The number of fused-ring (bicyclic) bond motifs is 2. The highest BCUT2D eigenvalue weighted by atomic mass is 16.2. The molecule has 4 fully saturated rings. The van der Waals surface area contributed by atoms with Crippen molar-refractivity contribution in [1.82, 2.24) is 20.4 Å². The van der Waals surface area contributed by atoms with Gasteiger partial charge in [0.25, 0.3) is 5.91 Å². The van der Waals surface area contributed by atoms with Gasteiger partial charge in [0, 0.05) is 38.3 Å². The van der Waals surface area contributed by atoms with Crippen molar-refractivity contribution in [2.24, 2.45) is 23.7 Å². The molecule has 6 heteroatoms. The van der Waals surface area contributed by atoms with Crippen LogP contribution in [0.25, 0.3) is 0 Å². The molecule has 1 heterocycles. The van der Waals surface area contributed by atoms with Gasteiger partial charge in [0.2, 0.25) is 0 Å². The van der Waals surface area contributed by atoms with Gasteiger partial charge in [-0.2, -0.15) is 0 Å². The lowest BCUT2D eigenvalue weighted by Gasteiger charge is -2.34. The molecule has 5 unspecified atom stereocenters. The summed E-state index contributed by atoms with van der Waals surface area (Å²) in [7, 11) is 3.77. The summed E-state index contributed by atoms with van der Waals surface area (Å²) in [6.07, 6.45) is 9.95. The first-order valence-electron chi connectivity index (χ1n) is 13.1. The van der Waals surface area contributed by atoms with Crippen molar-refractivity contribution in [3.63, 3.8) is 0 Å². The molecule has 4 aliphatic rings. The van der Waals surface area contributed by atoms with E-state index in [-0.39, 0.29) is 11.9 Å². The number of piperidine rings is 1. The highest BCUT2D eigenvalue weighted by Crippen LogP contribution is 2.53. The van der Waals surface area contributed by atoms with Crippen molar-refractivity contribution in [3.8, 4) is 0 Å². The molecule has 3 saturated carbocycles. The molecule has 1 saturated heterocycles. The molecule has 3 aliphatic carbocycles. The van der Waals surface area contributed by atoms with Crippen molar-refractivity contribution < 1.29 is 9.59 Å². The number of hydrogen-bond acceptors (Lipinski definition) is 3. The van der Waals surface area contributed by atoms with E-state index in [1.165, 1.54) is 32.1 Å². The molecule has 1 aliphatic heterocycles. The zero-order valence-corrected chi connectivity index (χ0v) is 20.3. The van der Waals surface area contributed by atoms with Gasteiger partial charge in [-0.15, -0.1) is 0 Å². The van der Waals surface area contributed by atoms with Gasteiger partial charge in [-0.05, 0) is 106 Å². The summed E-state index contributed by atoms with van der Waals surface area (Å²) in [6.45, 7) is 2.49. The smallest absolute Gasteiger partial charge is 0.320 e. The second kappa shape index (κ2) is 9.65. The minimum absolute atomic E-state index is 0.0567. The van der Waals surface area contributed by atoms with Crippen LogP contribution in [0.4, 0.5) is 4.79 Å². The Morgan fingerprint density at radius 2 is 1.67 bits per heavy atom. The van der Waals surface area contributed by atoms with E-state index < -0.39 is 0 Å². The minimum atomic E-state index is 0.0567. The van der Waals surface area contributed by atoms with Gasteiger partial charge < -0.3 is 20.4 Å². The lowest BCUT2D eigenvalue weighted by atomic mass is 9.80. The summed E-state index contributed by atoms with van der Waals surface area (Å²) >= 11 is 0. The minimum Gasteiger partial charge on any atom is -0.349 e. The molecule has 1 aromatic carbocycles. The standard InChI is InChI=1S/C27H40N4O2/c1-30(27(33)31(2)23-9-11-28-12-10-23)17-18-3-6-21(7-4-18)26(32)29-25-8-5-19-13-20-15-22(14-19)24(25)16-20/h3-4,6-7,19-20,22-25,28H,5,8-17H2,1-2H3,(H,29,32). The third-order valence-corrected chi connectivity index (χ3v) is 8.99. The number of benzene rings is 1. The zero-order valence-electron chi connectivity index (χ0n) is 20.3. The number of nitrogens with one attached hydrogen (secondary N) is 2. The Bertz CT molecular complexity index is 850. The first-order valence-corrected chi connectivity index (χ1v) is 13.1. The maximum Gasteiger partial charge on any atom is 0.320 e. The molecule has 3 bridgehead atoms. The van der Waals surface area contributed by atoms with Crippen molar-refractivity contribution >= 4 is 11.9 Å². The number of nitrogens with zero attached hydrogens (tertiary/aromatic N) is 2. The number of rotatable bonds is 5. The van der Waals surface area contributed by atoms with Crippen LogP contribution in [-0.2, 0) is 6.54 Å². The SMILES string of the molecule is CN(Cc1ccc(C(=O)NC2CCC3CC4CC(C3)C2C4)cc1)C(=O)N(C)C1CCNCC1. The van der Waals surface area contributed by atoms with Crippen molar-refractivity contribution in [2.45, 2.75) is 70.0 Å². The van der Waals surface area contributed by atoms with Crippen LogP contribution < -0.4 is 10.6 Å². The number of hydrogen-bond donors (Lipinski definition) is 2. The first kappa shape index (κ1) is 22.7. The van der Waals surface area contributed by atoms with E-state index in [0.29, 0.717) is 24.5 Å². The van der Waals surface area contributed by atoms with E-state index in [1.807, 2.05) is 43.3 Å². The molecule has 33 heavy (non-hydrogen) atoms. The van der Waals surface area contributed by atoms with Crippen LogP contribution in [0.1, 0.15) is 67.3 Å². The first-order chi connectivity index (χ1) is 16.0. The van der Waals surface area contributed by atoms with E-state index in [2.05, 4.69) is 10.6 Å². The van der Waals surface area contributed by atoms with Gasteiger partial charge in [-0.1, -0.05) is 12.1 Å². The van der Waals surface area contributed by atoms with E-state index >= 15 is 0 Å². The van der Waals surface area contributed by atoms with Gasteiger partial charge in [0.15, 0.2) is 0 Å². The summed E-state index contributed by atoms with van der Waals surface area (Å²) in [6, 6.07) is 8.52. The average molecular weight is 453 g/mol. The van der Waals surface area contributed by atoms with E-state index in [4.69, 9.17) is 0 Å². The van der Waals surface area contributed by atoms with E-state index in [1.54, 1.807) is 4.90 Å². The molecule has 180 valence electrons. The maximum absolute atomic E-state index is 13.0. The summed E-state index contributed by atoms with van der Waals surface area (Å²) in [5, 5.41) is 6.75. The fraction of sp³-hybridized carbons (Fsp3) is 0.704. The quantitative estimate of drug-likeness (QED) is 0.713. The van der Waals surface area contributed by atoms with Crippen LogP contribution in [-0.4, -0.2) is 61.0 Å². The molecule has 0 radical (unpaired) electrons. The number of carbonyl (C=O) groups excluding carboxylic acids is 2. The second-order valence-electron chi connectivity index (χ2n) is 11.2. The largest absolute Gasteiger partial charge is 0.349 e. The van der Waals surface area contributed by atoms with E-state index in [9.17, 15) is 9.59 Å². The molecular weight excluding hydrogens is 412 g/mol. The zero-order chi connectivity index (χ0) is 22.9. The molecule has 1 aromatic rings. The Labute approximate surface area is 198 Å². The maximum atomic E-state index is 13.0. The number of urea groups is 1. The Morgan fingerprint density at radius 1 is 0.939 bits per heavy atom. The van der Waals surface area contributed by atoms with Crippen molar-refractivity contribution in [2.75, 3.05) is 27.2 Å². The average Bonchev–Trinajstić information content (AvgIpc) is 3.08. The Kier molecular flexibility index (Phi) is 6.64. The monoisotopic (exact) mass is 452 g/mol. The van der Waals surface area contributed by atoms with Gasteiger partial charge in [-0.25, -0.2) is 4.79 Å². The number of amides is 3. The molecule has 6 nitrogen and oxygen atoms in total. The Morgan fingerprint density at radius 3 is 2.42 bits per heavy atom. The molecule has 5 rings (SSSR count). The van der Waals surface area contributed by atoms with Gasteiger partial charge in [0.05, 0.1) is 0 Å². The summed E-state index contributed by atoms with van der Waals surface area (Å²) in [5.41, 5.74) is 1.77. The topological polar surface area (TPSA) is 64.7 Å². The molecule has 3 amide bonds. The molecule has 0 aromatic heterocycles. The second-order valence-corrected chi connectivity index (χ2v) is 11.2. The molecular formula is C27H40N4O2. The van der Waals surface area contributed by atoms with Crippen LogP contribution in [0.3, 0.4) is 0 Å². The predicted molar refractivity (Wildman–Crippen MR) is 130 cm³/mol. The predicted octanol–water partition coefficient (Wildman–Crippen LogP) is 3.87. The van der Waals surface area contributed by atoms with Gasteiger partial charge in [-0.3, -0.25) is 4.79 Å². The highest BCUT2D eigenvalue weighted by Gasteiger charge is 2.46. The normalized spacial score (nSPS) is 31.2. The lowest BCUT2D eigenvalue weighted by molar-refractivity contribution is 0.0912. The van der Waals surface area contributed by atoms with Crippen LogP contribution in [0.5, 0.6) is 0 Å². The van der Waals surface area contributed by atoms with Crippen molar-refractivity contribution in [1.29, 1.82) is 0 Å².